The van der Waals surface area contributed by atoms with Gasteiger partial charge in [-0.15, -0.1) is 0 Å². The Morgan fingerprint density at radius 3 is 1.19 bits per heavy atom. The lowest BCUT2D eigenvalue weighted by Crippen LogP contribution is -2.57. The fourth-order valence-corrected chi connectivity index (χ4v) is 18.1. The Bertz CT molecular complexity index is 4930. The minimum atomic E-state index is -1.01. The van der Waals surface area contributed by atoms with E-state index >= 15 is 0 Å². The first kappa shape index (κ1) is 97.0. The zero-order chi connectivity index (χ0) is 91.8. The van der Waals surface area contributed by atoms with Crippen LogP contribution in [0.2, 0.25) is 20.1 Å². The monoisotopic (exact) mass is 1830 g/mol. The zero-order valence-electron chi connectivity index (χ0n) is 76.4. The number of benzene rings is 3. The summed E-state index contributed by atoms with van der Waals surface area (Å²) in [5, 5.41) is 9.84. The molecule has 34 heteroatoms. The highest BCUT2D eigenvalue weighted by atomic mass is 35.5. The second-order valence-corrected chi connectivity index (χ2v) is 40.6. The lowest BCUT2D eigenvalue weighted by atomic mass is 9.91. The van der Waals surface area contributed by atoms with E-state index in [9.17, 15) is 43.2 Å². The molecule has 12 rings (SSSR count). The van der Waals surface area contributed by atoms with E-state index < -0.39 is 64.8 Å². The fraction of sp³-hybridized carbons (Fsp3) is 0.613. The normalized spacial score (nSPS) is 19.1. The Kier molecular flexibility index (Phi) is 31.9. The van der Waals surface area contributed by atoms with Crippen molar-refractivity contribution in [1.82, 2.24) is 75.0 Å². The van der Waals surface area contributed by atoms with Crippen LogP contribution in [0.4, 0.5) is 0 Å². The van der Waals surface area contributed by atoms with E-state index in [-0.39, 0.29) is 146 Å². The maximum absolute atomic E-state index is 15.0. The number of carbonyl (C=O) groups is 9. The zero-order valence-corrected chi connectivity index (χ0v) is 79.4. The Hall–Kier alpha value is -9.04. The van der Waals surface area contributed by atoms with Gasteiger partial charge in [-0.3, -0.25) is 53.0 Å². The number of ether oxygens (including phenoxy) is 3. The molecule has 6 aliphatic heterocycles. The van der Waals surface area contributed by atoms with Crippen molar-refractivity contribution in [3.05, 3.63) is 138 Å². The first-order valence-electron chi connectivity index (χ1n) is 44.8. The molecule has 6 aliphatic rings. The van der Waals surface area contributed by atoms with Crippen LogP contribution < -0.4 is 30.2 Å². The summed E-state index contributed by atoms with van der Waals surface area (Å²) in [7, 11) is 2.02. The van der Waals surface area contributed by atoms with Gasteiger partial charge < -0.3 is 77.7 Å². The number of rotatable bonds is 31. The molecule has 9 heterocycles. The number of amides is 9. The molecule has 3 aromatic heterocycles. The molecular weight excluding hydrogens is 1710 g/mol. The van der Waals surface area contributed by atoms with Crippen LogP contribution in [0.3, 0.4) is 0 Å². The second kappa shape index (κ2) is 41.8. The van der Waals surface area contributed by atoms with Crippen LogP contribution in [-0.2, 0) is 77.9 Å². The Balaban J connectivity index is 0.630. The minimum absolute atomic E-state index is 0.0136. The standard InChI is InChI=1S/C93H127Cl4N15O15/c1-55(2)42-65(101-82(113)60-25-23-59(95)46-74(60)123-52-77-98-49-76(125-77)91(7,8)9)85(116)111-28-18-21-71(111)89(120)108-38-32-105(33-39-108)50-68-80(92(10,11)12)126-78(99-68)53-122-73-26-24-58(94)45-61(73)83(114)102-66(43-56(3)4)86(117)112-29-19-22-72(112)90(121)109-40-34-106(35-41-109)51-69-81(93(13,14)15)127-79(100-69)54-124-75-48-64(97)63(96)47-62(75)84(115)103-67(44-57(5)6)87(118)110-27-17-20-70(110)88(119)107-36-30-104(16)31-37-107/h23-26,45-49,55-57,65-67,70-72H,17-22,27-44,50-54H2,1-16H3,(H,101,113)(H,102,114)(H,103,115)/t65-,66-,67-,70-,71-,72-/m1/s1. The molecule has 30 nitrogen and oxygen atoms in total. The highest BCUT2D eigenvalue weighted by molar-refractivity contribution is 6.42. The van der Waals surface area contributed by atoms with E-state index in [1.54, 1.807) is 56.1 Å². The van der Waals surface area contributed by atoms with Gasteiger partial charge in [0.1, 0.15) is 70.8 Å². The van der Waals surface area contributed by atoms with Crippen molar-refractivity contribution < 1.29 is 70.6 Å². The van der Waals surface area contributed by atoms with Crippen LogP contribution in [0, 0.1) is 17.8 Å². The summed E-state index contributed by atoms with van der Waals surface area (Å²) in [6, 6.07) is 7.28. The molecule has 0 radical (unpaired) electrons. The molecule has 6 atom stereocenters. The summed E-state index contributed by atoms with van der Waals surface area (Å²) in [4.78, 5) is 162. The molecular formula is C93H127Cl4N15O15. The fourth-order valence-electron chi connectivity index (χ4n) is 17.5. The molecule has 3 aromatic carbocycles. The molecule has 6 saturated heterocycles. The topological polar surface area (TPSA) is 325 Å². The van der Waals surface area contributed by atoms with Gasteiger partial charge in [0.05, 0.1) is 44.3 Å². The second-order valence-electron chi connectivity index (χ2n) is 38.9. The van der Waals surface area contributed by atoms with Crippen LogP contribution in [0.1, 0.15) is 239 Å². The van der Waals surface area contributed by atoms with Crippen LogP contribution in [0.5, 0.6) is 17.2 Å². The van der Waals surface area contributed by atoms with Crippen molar-refractivity contribution in [3.8, 4) is 17.2 Å². The van der Waals surface area contributed by atoms with Crippen molar-refractivity contribution in [2.75, 3.05) is 105 Å². The quantitative estimate of drug-likeness (QED) is 0.0364. The predicted octanol–water partition coefficient (Wildman–Crippen LogP) is 12.8. The number of piperazine rings is 3. The summed E-state index contributed by atoms with van der Waals surface area (Å²) in [6.45, 7) is 37.7. The van der Waals surface area contributed by atoms with Crippen molar-refractivity contribution >= 4 is 99.6 Å². The van der Waals surface area contributed by atoms with E-state index in [4.69, 9.17) is 83.8 Å². The number of likely N-dealkylation sites (tertiary alicyclic amines) is 3. The van der Waals surface area contributed by atoms with Crippen LogP contribution in [0.15, 0.2) is 68.0 Å². The van der Waals surface area contributed by atoms with Gasteiger partial charge in [0, 0.05) is 144 Å². The summed E-state index contributed by atoms with van der Waals surface area (Å²) in [5.74, 6) is 0.145. The Morgan fingerprint density at radius 1 is 0.425 bits per heavy atom. The van der Waals surface area contributed by atoms with Gasteiger partial charge in [-0.1, -0.05) is 150 Å². The van der Waals surface area contributed by atoms with Crippen molar-refractivity contribution in [2.24, 2.45) is 17.8 Å². The molecule has 0 unspecified atom stereocenters. The van der Waals surface area contributed by atoms with Gasteiger partial charge >= 0.3 is 0 Å². The predicted molar refractivity (Wildman–Crippen MR) is 482 cm³/mol. The summed E-state index contributed by atoms with van der Waals surface area (Å²) in [5.41, 5.74) is 0.424. The lowest BCUT2D eigenvalue weighted by molar-refractivity contribution is -0.146. The van der Waals surface area contributed by atoms with Crippen molar-refractivity contribution in [2.45, 2.75) is 247 Å². The molecule has 0 saturated carbocycles. The van der Waals surface area contributed by atoms with E-state index in [2.05, 4.69) is 35.6 Å². The SMILES string of the molecule is CC(C)C[C@@H](NC(=O)c1ccc(Cl)cc1OCc1ncc(C(C)(C)C)o1)C(=O)N1CCC[C@@H]1C(=O)N1CCN(Cc2nc(COc3ccc(Cl)cc3C(=O)N[C@H](CC(C)C)C(=O)N3CCC[C@@H]3C(=O)N3CCN(Cc4nc(COc5cc(Cl)c(Cl)cc5C(=O)N[C@H](CC(C)C)C(=O)N5CCC[C@@H]5C(=O)N5CCN(C)CC5)oc4C(C)(C)C)CC3)oc2C(C)(C)C)CC1. The lowest BCUT2D eigenvalue weighted by Gasteiger charge is -2.38. The summed E-state index contributed by atoms with van der Waals surface area (Å²) in [6.07, 6.45) is 5.97. The van der Waals surface area contributed by atoms with Crippen LogP contribution >= 0.6 is 46.4 Å². The van der Waals surface area contributed by atoms with Crippen molar-refractivity contribution in [3.63, 3.8) is 0 Å². The van der Waals surface area contributed by atoms with Crippen molar-refractivity contribution in [1.29, 1.82) is 0 Å². The number of aromatic nitrogens is 3. The smallest absolute Gasteiger partial charge is 0.255 e. The average molecular weight is 1840 g/mol. The third kappa shape index (κ3) is 24.5. The first-order valence-corrected chi connectivity index (χ1v) is 46.3. The minimum Gasteiger partial charge on any atom is -0.483 e. The average Bonchev–Trinajstić information content (AvgIpc) is 1.69. The Morgan fingerprint density at radius 2 is 0.787 bits per heavy atom. The third-order valence-corrected chi connectivity index (χ3v) is 25.3. The number of oxazole rings is 3. The maximum Gasteiger partial charge on any atom is 0.255 e. The molecule has 692 valence electrons. The van der Waals surface area contributed by atoms with Gasteiger partial charge in [-0.05, 0) is 125 Å². The third-order valence-electron chi connectivity index (χ3n) is 24.2. The van der Waals surface area contributed by atoms with Gasteiger partial charge in [0.2, 0.25) is 53.1 Å². The van der Waals surface area contributed by atoms with Gasteiger partial charge in [0.25, 0.3) is 17.7 Å². The highest BCUT2D eigenvalue weighted by Crippen LogP contribution is 2.38. The molecule has 6 aromatic rings. The highest BCUT2D eigenvalue weighted by Gasteiger charge is 2.46. The number of likely N-dealkylation sites (N-methyl/N-ethyl adjacent to an activating group) is 1. The van der Waals surface area contributed by atoms with E-state index in [0.29, 0.717) is 189 Å². The molecule has 0 bridgehead atoms. The number of hydrogen-bond donors (Lipinski definition) is 3. The Labute approximate surface area is 765 Å². The van der Waals surface area contributed by atoms with Crippen LogP contribution in [-0.4, -0.2) is 254 Å². The molecule has 0 aliphatic carbocycles. The largest absolute Gasteiger partial charge is 0.483 e. The number of halogens is 4. The van der Waals surface area contributed by atoms with Gasteiger partial charge in [0.15, 0.2) is 19.8 Å². The molecule has 9 amide bonds. The number of nitrogens with zero attached hydrogens (tertiary/aromatic N) is 12. The van der Waals surface area contributed by atoms with Gasteiger partial charge in [-0.25, -0.2) is 15.0 Å². The summed E-state index contributed by atoms with van der Waals surface area (Å²) < 4.78 is 37.7. The molecule has 6 fully saturated rings. The summed E-state index contributed by atoms with van der Waals surface area (Å²) >= 11 is 26.2. The first-order chi connectivity index (χ1) is 60.0. The molecule has 3 N–H and O–H groups in total. The van der Waals surface area contributed by atoms with E-state index in [1.807, 2.05) is 121 Å². The molecule has 127 heavy (non-hydrogen) atoms. The van der Waals surface area contributed by atoms with E-state index in [0.717, 1.165) is 13.1 Å². The number of nitrogens with one attached hydrogen (secondary N) is 3. The number of carbonyl (C=O) groups excluding carboxylic acids is 9. The van der Waals surface area contributed by atoms with E-state index in [1.165, 1.54) is 18.2 Å². The van der Waals surface area contributed by atoms with Crippen LogP contribution in [0.25, 0.3) is 0 Å². The molecule has 0 spiro atoms. The van der Waals surface area contributed by atoms with Gasteiger partial charge in [-0.2, -0.15) is 0 Å². The maximum atomic E-state index is 15.0. The number of hydrogen-bond acceptors (Lipinski definition) is 21.